The Kier molecular flexibility index (Phi) is 4.16. The van der Waals surface area contributed by atoms with Crippen molar-refractivity contribution in [2.45, 2.75) is 18.9 Å². The maximum absolute atomic E-state index is 12.1. The summed E-state index contributed by atoms with van der Waals surface area (Å²) in [5.41, 5.74) is 0.876. The van der Waals surface area contributed by atoms with Gasteiger partial charge in [-0.25, -0.2) is 0 Å². The van der Waals surface area contributed by atoms with E-state index in [0.717, 1.165) is 5.69 Å². The number of piperazine rings is 1. The zero-order valence-corrected chi connectivity index (χ0v) is 11.0. The normalized spacial score (nSPS) is 20.6. The average molecular weight is 262 g/mol. The Bertz CT molecular complexity index is 461. The van der Waals surface area contributed by atoms with E-state index in [1.165, 1.54) is 0 Å². The van der Waals surface area contributed by atoms with E-state index in [0.29, 0.717) is 19.5 Å². The highest BCUT2D eigenvalue weighted by Gasteiger charge is 2.30. The monoisotopic (exact) mass is 262 g/mol. The third-order valence-electron chi connectivity index (χ3n) is 3.46. The molecule has 0 aliphatic carbocycles. The van der Waals surface area contributed by atoms with Gasteiger partial charge >= 0.3 is 5.97 Å². The smallest absolute Gasteiger partial charge is 0.303 e. The molecule has 1 saturated heterocycles. The summed E-state index contributed by atoms with van der Waals surface area (Å²) in [4.78, 5) is 26.4. The van der Waals surface area contributed by atoms with Crippen LogP contribution in [-0.2, 0) is 9.59 Å². The number of likely N-dealkylation sites (N-methyl/N-ethyl adjacent to an activating group) is 1. The number of para-hydroxylation sites is 1. The van der Waals surface area contributed by atoms with Gasteiger partial charge < -0.3 is 10.0 Å². The van der Waals surface area contributed by atoms with Gasteiger partial charge in [0.2, 0.25) is 5.91 Å². The van der Waals surface area contributed by atoms with E-state index in [9.17, 15) is 9.59 Å². The van der Waals surface area contributed by atoms with Gasteiger partial charge in [-0.15, -0.1) is 0 Å². The number of carboxylic acids is 1. The number of benzene rings is 1. The number of nitrogens with zero attached hydrogens (tertiary/aromatic N) is 2. The van der Waals surface area contributed by atoms with Crippen molar-refractivity contribution in [2.75, 3.05) is 25.0 Å². The first-order valence-corrected chi connectivity index (χ1v) is 6.35. The van der Waals surface area contributed by atoms with Crippen LogP contribution in [0.1, 0.15) is 12.8 Å². The van der Waals surface area contributed by atoms with Crippen LogP contribution in [0.4, 0.5) is 5.69 Å². The largest absolute Gasteiger partial charge is 0.481 e. The highest BCUT2D eigenvalue weighted by Crippen LogP contribution is 2.20. The molecular weight excluding hydrogens is 244 g/mol. The molecule has 102 valence electrons. The molecule has 5 nitrogen and oxygen atoms in total. The van der Waals surface area contributed by atoms with Crippen molar-refractivity contribution in [3.05, 3.63) is 30.3 Å². The molecule has 1 N–H and O–H groups in total. The fourth-order valence-electron chi connectivity index (χ4n) is 2.34. The van der Waals surface area contributed by atoms with E-state index in [4.69, 9.17) is 5.11 Å². The van der Waals surface area contributed by atoms with Crippen molar-refractivity contribution in [3.63, 3.8) is 0 Å². The van der Waals surface area contributed by atoms with Crippen LogP contribution in [0.15, 0.2) is 30.3 Å². The fraction of sp³-hybridized carbons (Fsp3) is 0.429. The molecule has 5 heteroatoms. The van der Waals surface area contributed by atoms with Crippen LogP contribution in [0.25, 0.3) is 0 Å². The molecule has 0 radical (unpaired) electrons. The molecule has 1 amide bonds. The van der Waals surface area contributed by atoms with Gasteiger partial charge in [-0.05, 0) is 25.6 Å². The molecule has 1 aromatic rings. The van der Waals surface area contributed by atoms with Crippen molar-refractivity contribution >= 4 is 17.6 Å². The third-order valence-corrected chi connectivity index (χ3v) is 3.46. The summed E-state index contributed by atoms with van der Waals surface area (Å²) in [6.45, 7) is 0.881. The van der Waals surface area contributed by atoms with Gasteiger partial charge in [0, 0.05) is 24.7 Å². The van der Waals surface area contributed by atoms with E-state index >= 15 is 0 Å². The minimum atomic E-state index is -0.795. The van der Waals surface area contributed by atoms with Gasteiger partial charge in [-0.1, -0.05) is 18.2 Å². The SMILES string of the molecule is CN1CC(=O)N(c2ccccc2)CC1CCC(=O)O. The summed E-state index contributed by atoms with van der Waals surface area (Å²) in [6, 6.07) is 9.59. The number of carboxylic acid groups (broad SMARTS) is 1. The van der Waals surface area contributed by atoms with Crippen LogP contribution in [0, 0.1) is 0 Å². The van der Waals surface area contributed by atoms with Gasteiger partial charge in [0.15, 0.2) is 0 Å². The van der Waals surface area contributed by atoms with E-state index in [1.807, 2.05) is 42.3 Å². The number of carbonyl (C=O) groups is 2. The summed E-state index contributed by atoms with van der Waals surface area (Å²) in [5, 5.41) is 8.77. The van der Waals surface area contributed by atoms with Crippen LogP contribution in [0.2, 0.25) is 0 Å². The molecule has 1 aliphatic rings. The molecule has 0 saturated carbocycles. The molecular formula is C14H18N2O3. The maximum Gasteiger partial charge on any atom is 0.303 e. The highest BCUT2D eigenvalue weighted by atomic mass is 16.4. The lowest BCUT2D eigenvalue weighted by atomic mass is 10.1. The molecule has 0 spiro atoms. The van der Waals surface area contributed by atoms with Crippen LogP contribution in [-0.4, -0.2) is 48.1 Å². The first kappa shape index (κ1) is 13.5. The fourth-order valence-corrected chi connectivity index (χ4v) is 2.34. The lowest BCUT2D eigenvalue weighted by molar-refractivity contribution is -0.137. The summed E-state index contributed by atoms with van der Waals surface area (Å²) in [7, 11) is 1.87. The zero-order chi connectivity index (χ0) is 13.8. The quantitative estimate of drug-likeness (QED) is 0.885. The summed E-state index contributed by atoms with van der Waals surface area (Å²) < 4.78 is 0. The second-order valence-electron chi connectivity index (χ2n) is 4.84. The van der Waals surface area contributed by atoms with Crippen molar-refractivity contribution < 1.29 is 14.7 Å². The maximum atomic E-state index is 12.1. The predicted octanol–water partition coefficient (Wildman–Crippen LogP) is 1.20. The molecule has 1 heterocycles. The summed E-state index contributed by atoms with van der Waals surface area (Å²) in [5.74, 6) is -0.739. The van der Waals surface area contributed by atoms with Gasteiger partial charge in [0.1, 0.15) is 0 Å². The van der Waals surface area contributed by atoms with E-state index in [2.05, 4.69) is 0 Å². The molecule has 19 heavy (non-hydrogen) atoms. The average Bonchev–Trinajstić information content (AvgIpc) is 2.38. The number of amides is 1. The van der Waals surface area contributed by atoms with Gasteiger partial charge in [0.25, 0.3) is 0 Å². The predicted molar refractivity (Wildman–Crippen MR) is 72.1 cm³/mol. The van der Waals surface area contributed by atoms with Crippen molar-refractivity contribution in [3.8, 4) is 0 Å². The van der Waals surface area contributed by atoms with E-state index in [1.54, 1.807) is 4.90 Å². The molecule has 1 aromatic carbocycles. The van der Waals surface area contributed by atoms with Crippen LogP contribution < -0.4 is 4.90 Å². The molecule has 0 bridgehead atoms. The van der Waals surface area contributed by atoms with Crippen molar-refractivity contribution in [1.29, 1.82) is 0 Å². The lowest BCUT2D eigenvalue weighted by Gasteiger charge is -2.39. The Morgan fingerprint density at radius 3 is 2.68 bits per heavy atom. The Hall–Kier alpha value is -1.88. The minimum Gasteiger partial charge on any atom is -0.481 e. The van der Waals surface area contributed by atoms with Crippen molar-refractivity contribution in [1.82, 2.24) is 4.90 Å². The van der Waals surface area contributed by atoms with Gasteiger partial charge in [0.05, 0.1) is 6.54 Å². The summed E-state index contributed by atoms with van der Waals surface area (Å²) >= 11 is 0. The molecule has 1 aliphatic heterocycles. The standard InChI is InChI=1S/C14H18N2O3/c1-15-10-13(17)16(11-5-3-2-4-6-11)9-12(15)7-8-14(18)19/h2-6,12H,7-10H2,1H3,(H,18,19). The van der Waals surface area contributed by atoms with Crippen molar-refractivity contribution in [2.24, 2.45) is 0 Å². The van der Waals surface area contributed by atoms with Crippen LogP contribution in [0.3, 0.4) is 0 Å². The van der Waals surface area contributed by atoms with Crippen LogP contribution >= 0.6 is 0 Å². The number of hydrogen-bond acceptors (Lipinski definition) is 3. The number of carbonyl (C=O) groups excluding carboxylic acids is 1. The molecule has 1 atom stereocenters. The highest BCUT2D eigenvalue weighted by molar-refractivity contribution is 5.95. The molecule has 1 fully saturated rings. The number of aliphatic carboxylic acids is 1. The van der Waals surface area contributed by atoms with Gasteiger partial charge in [-0.3, -0.25) is 14.5 Å². The number of rotatable bonds is 4. The first-order valence-electron chi connectivity index (χ1n) is 6.35. The third kappa shape index (κ3) is 3.32. The molecule has 1 unspecified atom stereocenters. The lowest BCUT2D eigenvalue weighted by Crippen LogP contribution is -2.55. The Labute approximate surface area is 112 Å². The van der Waals surface area contributed by atoms with Gasteiger partial charge in [-0.2, -0.15) is 0 Å². The Morgan fingerprint density at radius 1 is 1.37 bits per heavy atom. The number of hydrogen-bond donors (Lipinski definition) is 1. The van der Waals surface area contributed by atoms with E-state index < -0.39 is 5.97 Å². The molecule has 0 aromatic heterocycles. The second-order valence-corrected chi connectivity index (χ2v) is 4.84. The number of anilines is 1. The second kappa shape index (κ2) is 5.84. The van der Waals surface area contributed by atoms with Crippen LogP contribution in [0.5, 0.6) is 0 Å². The minimum absolute atomic E-state index is 0.0558. The Morgan fingerprint density at radius 2 is 2.05 bits per heavy atom. The van der Waals surface area contributed by atoms with E-state index in [-0.39, 0.29) is 18.4 Å². The zero-order valence-electron chi connectivity index (χ0n) is 11.0. The Balaban J connectivity index is 2.08. The summed E-state index contributed by atoms with van der Waals surface area (Å²) in [6.07, 6.45) is 0.689. The first-order chi connectivity index (χ1) is 9.08. The topological polar surface area (TPSA) is 60.9 Å². The molecule has 2 rings (SSSR count).